The van der Waals surface area contributed by atoms with E-state index in [1.807, 2.05) is 57.5 Å². The Morgan fingerprint density at radius 1 is 1.00 bits per heavy atom. The highest BCUT2D eigenvalue weighted by Gasteiger charge is 2.12. The highest BCUT2D eigenvalue weighted by atomic mass is 16.5. The first-order valence-electron chi connectivity index (χ1n) is 8.85. The second-order valence-corrected chi connectivity index (χ2v) is 6.55. The van der Waals surface area contributed by atoms with Gasteiger partial charge >= 0.3 is 0 Å². The molecule has 27 heavy (non-hydrogen) atoms. The molecule has 0 N–H and O–H groups in total. The van der Waals surface area contributed by atoms with Gasteiger partial charge < -0.3 is 19.3 Å². The maximum atomic E-state index is 12.8. The van der Waals surface area contributed by atoms with Crippen molar-refractivity contribution in [2.24, 2.45) is 0 Å². The van der Waals surface area contributed by atoms with Crippen LogP contribution in [-0.4, -0.2) is 59.1 Å². The zero-order chi connectivity index (χ0) is 19.8. The van der Waals surface area contributed by atoms with Gasteiger partial charge in [0.05, 0.1) is 14.2 Å². The number of ether oxygens (including phenoxy) is 2. The fraction of sp³-hybridized carbons (Fsp3) is 0.318. The highest BCUT2D eigenvalue weighted by molar-refractivity contribution is 6.10. The summed E-state index contributed by atoms with van der Waals surface area (Å²) in [5.74, 6) is 1.33. The SMILES string of the molecule is COc1ccc(C=CC(=O)c2ccccc2N(C)CCN(C)C)c(OC)c1. The number of rotatable bonds is 9. The number of hydrogen-bond donors (Lipinski definition) is 0. The molecule has 2 aromatic rings. The molecule has 0 aliphatic rings. The van der Waals surface area contributed by atoms with Crippen LogP contribution in [0.4, 0.5) is 5.69 Å². The summed E-state index contributed by atoms with van der Waals surface area (Å²) in [7, 11) is 9.29. The van der Waals surface area contributed by atoms with Crippen LogP contribution in [0.15, 0.2) is 48.5 Å². The van der Waals surface area contributed by atoms with Crippen molar-refractivity contribution >= 4 is 17.5 Å². The molecule has 0 spiro atoms. The van der Waals surface area contributed by atoms with Crippen molar-refractivity contribution in [2.75, 3.05) is 53.4 Å². The molecule has 0 heterocycles. The van der Waals surface area contributed by atoms with Gasteiger partial charge in [-0.1, -0.05) is 12.1 Å². The standard InChI is InChI=1S/C22H28N2O3/c1-23(2)14-15-24(3)20-9-7-6-8-19(20)21(25)13-11-17-10-12-18(26-4)16-22(17)27-5/h6-13,16H,14-15H2,1-5H3. The van der Waals surface area contributed by atoms with Gasteiger partial charge in [0.2, 0.25) is 0 Å². The predicted molar refractivity (Wildman–Crippen MR) is 111 cm³/mol. The topological polar surface area (TPSA) is 42.0 Å². The number of ketones is 1. The van der Waals surface area contributed by atoms with Crippen LogP contribution in [0.1, 0.15) is 15.9 Å². The van der Waals surface area contributed by atoms with Gasteiger partial charge in [0, 0.05) is 43.0 Å². The fourth-order valence-electron chi connectivity index (χ4n) is 2.70. The third-order valence-electron chi connectivity index (χ3n) is 4.32. The van der Waals surface area contributed by atoms with Crippen molar-refractivity contribution in [1.82, 2.24) is 4.90 Å². The van der Waals surface area contributed by atoms with Gasteiger partial charge in [0.1, 0.15) is 11.5 Å². The van der Waals surface area contributed by atoms with Gasteiger partial charge in [-0.3, -0.25) is 4.79 Å². The van der Waals surface area contributed by atoms with Gasteiger partial charge in [0.15, 0.2) is 5.78 Å². The van der Waals surface area contributed by atoms with E-state index in [9.17, 15) is 4.79 Å². The lowest BCUT2D eigenvalue weighted by atomic mass is 10.1. The number of nitrogens with zero attached hydrogens (tertiary/aromatic N) is 2. The third-order valence-corrected chi connectivity index (χ3v) is 4.32. The van der Waals surface area contributed by atoms with Gasteiger partial charge in [-0.25, -0.2) is 0 Å². The van der Waals surface area contributed by atoms with E-state index >= 15 is 0 Å². The molecular formula is C22H28N2O3. The minimum atomic E-state index is -0.0415. The van der Waals surface area contributed by atoms with Gasteiger partial charge in [-0.15, -0.1) is 0 Å². The molecule has 0 bridgehead atoms. The smallest absolute Gasteiger partial charge is 0.187 e. The van der Waals surface area contributed by atoms with Gasteiger partial charge in [-0.2, -0.15) is 0 Å². The monoisotopic (exact) mass is 368 g/mol. The summed E-state index contributed by atoms with van der Waals surface area (Å²) in [4.78, 5) is 17.0. The van der Waals surface area contributed by atoms with Crippen LogP contribution in [0.2, 0.25) is 0 Å². The fourth-order valence-corrected chi connectivity index (χ4v) is 2.70. The van der Waals surface area contributed by atoms with E-state index in [1.54, 1.807) is 32.4 Å². The lowest BCUT2D eigenvalue weighted by molar-refractivity contribution is 0.104. The third kappa shape index (κ3) is 5.59. The molecule has 0 saturated carbocycles. The summed E-state index contributed by atoms with van der Waals surface area (Å²) in [6, 6.07) is 13.2. The Balaban J connectivity index is 2.22. The second-order valence-electron chi connectivity index (χ2n) is 6.55. The molecule has 2 rings (SSSR count). The molecule has 5 heteroatoms. The molecule has 2 aromatic carbocycles. The molecule has 0 radical (unpaired) electrons. The summed E-state index contributed by atoms with van der Waals surface area (Å²) in [6.45, 7) is 1.76. The minimum Gasteiger partial charge on any atom is -0.497 e. The van der Waals surface area contributed by atoms with Crippen LogP contribution in [0.25, 0.3) is 6.08 Å². The molecule has 0 aliphatic carbocycles. The maximum Gasteiger partial charge on any atom is 0.187 e. The molecule has 144 valence electrons. The van der Waals surface area contributed by atoms with Crippen LogP contribution in [0, 0.1) is 0 Å². The molecule has 0 aromatic heterocycles. The Morgan fingerprint density at radius 3 is 2.41 bits per heavy atom. The first-order chi connectivity index (χ1) is 13.0. The Morgan fingerprint density at radius 2 is 1.74 bits per heavy atom. The van der Waals surface area contributed by atoms with Crippen molar-refractivity contribution in [2.45, 2.75) is 0 Å². The molecule has 0 amide bonds. The van der Waals surface area contributed by atoms with E-state index in [1.165, 1.54) is 0 Å². The Kier molecular flexibility index (Phi) is 7.44. The van der Waals surface area contributed by atoms with Crippen molar-refractivity contribution in [3.8, 4) is 11.5 Å². The Labute approximate surface area is 161 Å². The van der Waals surface area contributed by atoms with Crippen molar-refractivity contribution in [3.63, 3.8) is 0 Å². The number of methoxy groups -OCH3 is 2. The van der Waals surface area contributed by atoms with Gasteiger partial charge in [-0.05, 0) is 50.5 Å². The van der Waals surface area contributed by atoms with Crippen LogP contribution >= 0.6 is 0 Å². The van der Waals surface area contributed by atoms with E-state index < -0.39 is 0 Å². The Bertz CT molecular complexity index is 800. The number of allylic oxidation sites excluding steroid dienone is 1. The predicted octanol–water partition coefficient (Wildman–Crippen LogP) is 3.60. The van der Waals surface area contributed by atoms with Gasteiger partial charge in [0.25, 0.3) is 0 Å². The number of carbonyl (C=O) groups excluding carboxylic acids is 1. The summed E-state index contributed by atoms with van der Waals surface area (Å²) in [5, 5.41) is 0. The Hall–Kier alpha value is -2.79. The molecule has 0 atom stereocenters. The molecule has 0 aliphatic heterocycles. The van der Waals surface area contributed by atoms with E-state index in [2.05, 4.69) is 9.80 Å². The van der Waals surface area contributed by atoms with E-state index in [0.29, 0.717) is 17.1 Å². The largest absolute Gasteiger partial charge is 0.497 e. The van der Waals surface area contributed by atoms with Crippen LogP contribution < -0.4 is 14.4 Å². The van der Waals surface area contributed by atoms with Crippen LogP contribution in [0.3, 0.4) is 0 Å². The first kappa shape index (κ1) is 20.5. The first-order valence-corrected chi connectivity index (χ1v) is 8.85. The van der Waals surface area contributed by atoms with E-state index in [0.717, 1.165) is 24.3 Å². The molecular weight excluding hydrogens is 340 g/mol. The summed E-state index contributed by atoms with van der Waals surface area (Å²) < 4.78 is 10.6. The number of para-hydroxylation sites is 1. The number of benzene rings is 2. The molecule has 0 saturated heterocycles. The van der Waals surface area contributed by atoms with E-state index in [-0.39, 0.29) is 5.78 Å². The quantitative estimate of drug-likeness (QED) is 0.500. The minimum absolute atomic E-state index is 0.0415. The number of likely N-dealkylation sites (N-methyl/N-ethyl adjacent to an activating group) is 2. The number of hydrogen-bond acceptors (Lipinski definition) is 5. The zero-order valence-corrected chi connectivity index (χ0v) is 16.7. The summed E-state index contributed by atoms with van der Waals surface area (Å²) in [6.07, 6.45) is 3.36. The number of carbonyl (C=O) groups is 1. The highest BCUT2D eigenvalue weighted by Crippen LogP contribution is 2.26. The average molecular weight is 368 g/mol. The van der Waals surface area contributed by atoms with Crippen molar-refractivity contribution < 1.29 is 14.3 Å². The molecule has 0 fully saturated rings. The second kappa shape index (κ2) is 9.78. The average Bonchev–Trinajstić information content (AvgIpc) is 2.69. The van der Waals surface area contributed by atoms with Crippen LogP contribution in [-0.2, 0) is 0 Å². The normalized spacial score (nSPS) is 11.0. The lowest BCUT2D eigenvalue weighted by Gasteiger charge is -2.23. The van der Waals surface area contributed by atoms with Crippen molar-refractivity contribution in [1.29, 1.82) is 0 Å². The van der Waals surface area contributed by atoms with E-state index in [4.69, 9.17) is 9.47 Å². The van der Waals surface area contributed by atoms with Crippen molar-refractivity contribution in [3.05, 3.63) is 59.7 Å². The molecule has 5 nitrogen and oxygen atoms in total. The summed E-state index contributed by atoms with van der Waals surface area (Å²) in [5.41, 5.74) is 2.43. The lowest BCUT2D eigenvalue weighted by Crippen LogP contribution is -2.29. The summed E-state index contributed by atoms with van der Waals surface area (Å²) >= 11 is 0. The maximum absolute atomic E-state index is 12.8. The zero-order valence-electron chi connectivity index (χ0n) is 16.7. The number of anilines is 1. The molecule has 0 unspecified atom stereocenters. The van der Waals surface area contributed by atoms with Crippen LogP contribution in [0.5, 0.6) is 11.5 Å².